The van der Waals surface area contributed by atoms with Crippen molar-refractivity contribution in [1.82, 2.24) is 0 Å². The molecule has 0 aromatic heterocycles. The Labute approximate surface area is 65.2 Å². The number of halogens is 6. The summed E-state index contributed by atoms with van der Waals surface area (Å²) in [6, 6.07) is 0. The van der Waals surface area contributed by atoms with Crippen LogP contribution in [0.5, 0.6) is 0 Å². The normalized spacial score (nSPS) is 9.58. The summed E-state index contributed by atoms with van der Waals surface area (Å²) in [5, 5.41) is 0. The minimum Gasteiger partial charge on any atom is -0.196 e. The first-order valence-corrected chi connectivity index (χ1v) is 2.62. The van der Waals surface area contributed by atoms with Crippen LogP contribution in [0, 0.1) is 0 Å². The lowest BCUT2D eigenvalue weighted by Crippen LogP contribution is -2.08. The van der Waals surface area contributed by atoms with Gasteiger partial charge in [-0.1, -0.05) is 6.08 Å². The number of rotatable bonds is 0. The number of allylic oxidation sites excluding steroid dienone is 2. The topological polar surface area (TPSA) is 0 Å². The van der Waals surface area contributed by atoms with Gasteiger partial charge < -0.3 is 0 Å². The highest BCUT2D eigenvalue weighted by atomic mass is 19.4. The molecule has 12 heavy (non-hydrogen) atoms. The Bertz CT molecular complexity index is 161. The van der Waals surface area contributed by atoms with E-state index in [-0.39, 0.29) is 0 Å². The summed E-state index contributed by atoms with van der Waals surface area (Å²) >= 11 is 0. The maximum Gasteiger partial charge on any atom is 0.448 e. The van der Waals surface area contributed by atoms with E-state index in [9.17, 15) is 26.3 Å². The first-order chi connectivity index (χ1) is 5.27. The third-order valence-electron chi connectivity index (χ3n) is 0.415. The average molecular weight is 192 g/mol. The van der Waals surface area contributed by atoms with Crippen LogP contribution in [0.15, 0.2) is 24.6 Å². The van der Waals surface area contributed by atoms with Gasteiger partial charge in [0.15, 0.2) is 0 Å². The molecule has 0 radical (unpaired) electrons. The van der Waals surface area contributed by atoms with Crippen molar-refractivity contribution in [2.45, 2.75) is 13.1 Å². The van der Waals surface area contributed by atoms with Gasteiger partial charge in [-0.3, -0.25) is 0 Å². The van der Waals surface area contributed by atoms with Gasteiger partial charge in [-0.25, -0.2) is 0 Å². The van der Waals surface area contributed by atoms with E-state index in [1.165, 1.54) is 0 Å². The van der Waals surface area contributed by atoms with Gasteiger partial charge in [0.05, 0.1) is 0 Å². The summed E-state index contributed by atoms with van der Waals surface area (Å²) in [5.74, 6) is -3.33. The van der Waals surface area contributed by atoms with E-state index in [0.717, 1.165) is 0 Å². The van der Waals surface area contributed by atoms with Gasteiger partial charge in [0.25, 0.3) is 5.83 Å². The molecule has 0 unspecified atom stereocenters. The molecule has 0 saturated heterocycles. The molecule has 0 fully saturated rings. The first-order valence-electron chi connectivity index (χ1n) is 2.62. The molecule has 0 bridgehead atoms. The van der Waals surface area contributed by atoms with Gasteiger partial charge in [-0.2, -0.15) is 26.3 Å². The fourth-order valence-corrected chi connectivity index (χ4v) is 0.107. The van der Waals surface area contributed by atoms with Crippen molar-refractivity contribution in [2.75, 3.05) is 0 Å². The Morgan fingerprint density at radius 3 is 1.42 bits per heavy atom. The lowest BCUT2D eigenvalue weighted by molar-refractivity contribution is -0.113. The minimum absolute atomic E-state index is 1.75. The van der Waals surface area contributed by atoms with Crippen molar-refractivity contribution in [3.05, 3.63) is 24.6 Å². The van der Waals surface area contributed by atoms with E-state index in [1.54, 1.807) is 6.08 Å². The third-order valence-corrected chi connectivity index (χ3v) is 0.415. The predicted octanol–water partition coefficient (Wildman–Crippen LogP) is 3.82. The fraction of sp³-hybridized carbons (Fsp3) is 0.333. The maximum atomic E-state index is 11.0. The second kappa shape index (κ2) is 5.68. The van der Waals surface area contributed by atoms with Crippen molar-refractivity contribution in [3.63, 3.8) is 0 Å². The van der Waals surface area contributed by atoms with Crippen molar-refractivity contribution >= 4 is 0 Å². The molecule has 0 aromatic carbocycles. The second-order valence-electron chi connectivity index (χ2n) is 1.48. The van der Waals surface area contributed by atoms with Crippen molar-refractivity contribution in [2.24, 2.45) is 0 Å². The minimum atomic E-state index is -5.56. The summed E-state index contributed by atoms with van der Waals surface area (Å²) < 4.78 is 64.8. The summed E-state index contributed by atoms with van der Waals surface area (Å²) in [5.41, 5.74) is 0. The highest BCUT2D eigenvalue weighted by Gasteiger charge is 2.38. The maximum absolute atomic E-state index is 11.0. The van der Waals surface area contributed by atoms with E-state index in [0.29, 0.717) is 0 Å². The van der Waals surface area contributed by atoms with Gasteiger partial charge in [0, 0.05) is 0 Å². The molecule has 0 aliphatic rings. The van der Waals surface area contributed by atoms with Crippen LogP contribution in [-0.4, -0.2) is 6.18 Å². The Kier molecular flexibility index (Phi) is 6.45. The van der Waals surface area contributed by atoms with Gasteiger partial charge >= 0.3 is 12.3 Å². The third kappa shape index (κ3) is 7.17. The smallest absolute Gasteiger partial charge is 0.196 e. The molecule has 0 amide bonds. The van der Waals surface area contributed by atoms with Crippen LogP contribution in [0.1, 0.15) is 6.92 Å². The Morgan fingerprint density at radius 1 is 1.17 bits per heavy atom. The Hall–Kier alpha value is -0.940. The Balaban J connectivity index is 0. The fourth-order valence-electron chi connectivity index (χ4n) is 0.107. The molecule has 0 N–H and O–H groups in total. The highest BCUT2D eigenvalue weighted by molar-refractivity contribution is 4.98. The zero-order valence-corrected chi connectivity index (χ0v) is 6.05. The standard InChI is InChI=1S/C3F6.C3H6/c4-1(2(5)6)3(7,8)9;1-3-2/h;3H,1H2,2H3. The van der Waals surface area contributed by atoms with Gasteiger partial charge in [0.1, 0.15) is 0 Å². The van der Waals surface area contributed by atoms with E-state index in [1.807, 2.05) is 6.92 Å². The molecule has 6 heteroatoms. The van der Waals surface area contributed by atoms with Crippen molar-refractivity contribution < 1.29 is 26.3 Å². The van der Waals surface area contributed by atoms with Gasteiger partial charge in [0.2, 0.25) is 0 Å². The predicted molar refractivity (Wildman–Crippen MR) is 32.3 cm³/mol. The van der Waals surface area contributed by atoms with E-state index < -0.39 is 18.1 Å². The Morgan fingerprint density at radius 2 is 1.42 bits per heavy atom. The number of alkyl halides is 3. The molecule has 0 rings (SSSR count). The SMILES string of the molecule is C=CC.FC(F)=C(F)C(F)(F)F. The zero-order chi connectivity index (χ0) is 10.4. The van der Waals surface area contributed by atoms with Crippen LogP contribution >= 0.6 is 0 Å². The summed E-state index contributed by atoms with van der Waals surface area (Å²) in [6.07, 6.45) is -7.15. The zero-order valence-electron chi connectivity index (χ0n) is 6.05. The molecule has 0 nitrogen and oxygen atoms in total. The molecule has 0 heterocycles. The van der Waals surface area contributed by atoms with Gasteiger partial charge in [-0.15, -0.1) is 6.58 Å². The molecule has 0 saturated carbocycles. The van der Waals surface area contributed by atoms with Crippen LogP contribution in [0.25, 0.3) is 0 Å². The molecule has 0 atom stereocenters. The van der Waals surface area contributed by atoms with Crippen molar-refractivity contribution in [3.8, 4) is 0 Å². The first kappa shape index (κ1) is 13.6. The van der Waals surface area contributed by atoms with E-state index >= 15 is 0 Å². The summed E-state index contributed by atoms with van der Waals surface area (Å²) in [6.45, 7) is 5.25. The van der Waals surface area contributed by atoms with Crippen LogP contribution in [0.2, 0.25) is 0 Å². The van der Waals surface area contributed by atoms with Crippen LogP contribution in [0.4, 0.5) is 26.3 Å². The molecular formula is C6H6F6. The highest BCUT2D eigenvalue weighted by Crippen LogP contribution is 2.29. The monoisotopic (exact) mass is 192 g/mol. The van der Waals surface area contributed by atoms with Crippen LogP contribution < -0.4 is 0 Å². The molecule has 0 aliphatic carbocycles. The van der Waals surface area contributed by atoms with E-state index in [4.69, 9.17) is 0 Å². The van der Waals surface area contributed by atoms with Crippen LogP contribution in [-0.2, 0) is 0 Å². The van der Waals surface area contributed by atoms with Crippen molar-refractivity contribution in [1.29, 1.82) is 0 Å². The lowest BCUT2D eigenvalue weighted by atomic mass is 10.6. The van der Waals surface area contributed by atoms with Crippen LogP contribution in [0.3, 0.4) is 0 Å². The molecular weight excluding hydrogens is 186 g/mol. The number of hydrogen-bond donors (Lipinski definition) is 0. The molecule has 0 aromatic rings. The number of hydrogen-bond acceptors (Lipinski definition) is 0. The second-order valence-corrected chi connectivity index (χ2v) is 1.48. The lowest BCUT2D eigenvalue weighted by Gasteiger charge is -1.98. The molecule has 0 spiro atoms. The summed E-state index contributed by atoms with van der Waals surface area (Å²) in [7, 11) is 0. The van der Waals surface area contributed by atoms with E-state index in [2.05, 4.69) is 6.58 Å². The largest absolute Gasteiger partial charge is 0.448 e. The average Bonchev–Trinajstić information content (AvgIpc) is 1.85. The van der Waals surface area contributed by atoms with Gasteiger partial charge in [-0.05, 0) is 6.92 Å². The molecule has 72 valence electrons. The summed E-state index contributed by atoms with van der Waals surface area (Å²) in [4.78, 5) is 0. The quantitative estimate of drug-likeness (QED) is 0.404. The molecule has 0 aliphatic heterocycles.